The molecule has 2 aromatic rings. The number of para-hydroxylation sites is 1. The van der Waals surface area contributed by atoms with Gasteiger partial charge >= 0.3 is 0 Å². The zero-order chi connectivity index (χ0) is 14.7. The Labute approximate surface area is 114 Å². The highest BCUT2D eigenvalue weighted by molar-refractivity contribution is 6.08. The number of amidine groups is 1. The zero-order valence-corrected chi connectivity index (χ0v) is 10.8. The van der Waals surface area contributed by atoms with Crippen LogP contribution in [0.5, 0.6) is 0 Å². The number of rotatable bonds is 4. The number of nitrogens with zero attached hydrogens (tertiary/aromatic N) is 3. The highest BCUT2D eigenvalue weighted by Gasteiger charge is 2.14. The lowest BCUT2D eigenvalue weighted by atomic mass is 10.1. The SMILES string of the molecule is CN(CC(F)F)c1cc(/C(N)=N/O)c2ccccc2n1. The van der Waals surface area contributed by atoms with E-state index in [1.807, 2.05) is 0 Å². The van der Waals surface area contributed by atoms with E-state index in [-0.39, 0.29) is 5.84 Å². The number of nitrogens with two attached hydrogens (primary N) is 1. The van der Waals surface area contributed by atoms with E-state index in [0.717, 1.165) is 0 Å². The second-order valence-corrected chi connectivity index (χ2v) is 4.30. The number of hydrogen-bond acceptors (Lipinski definition) is 4. The summed E-state index contributed by atoms with van der Waals surface area (Å²) >= 11 is 0. The maximum Gasteiger partial charge on any atom is 0.255 e. The molecular weight excluding hydrogens is 266 g/mol. The summed E-state index contributed by atoms with van der Waals surface area (Å²) in [6, 6.07) is 8.61. The Balaban J connectivity index is 2.58. The molecule has 0 aliphatic carbocycles. The molecule has 7 heteroatoms. The first-order valence-corrected chi connectivity index (χ1v) is 5.90. The molecule has 3 N–H and O–H groups in total. The molecule has 1 aromatic carbocycles. The molecule has 1 heterocycles. The van der Waals surface area contributed by atoms with Crippen LogP contribution in [0.3, 0.4) is 0 Å². The normalized spacial score (nSPS) is 12.1. The number of fused-ring (bicyclic) bond motifs is 1. The van der Waals surface area contributed by atoms with Crippen molar-refractivity contribution >= 4 is 22.6 Å². The van der Waals surface area contributed by atoms with Crippen LogP contribution in [0.25, 0.3) is 10.9 Å². The number of pyridine rings is 1. The number of benzene rings is 1. The highest BCUT2D eigenvalue weighted by Crippen LogP contribution is 2.22. The minimum absolute atomic E-state index is 0.0877. The van der Waals surface area contributed by atoms with Crippen molar-refractivity contribution in [2.45, 2.75) is 6.43 Å². The van der Waals surface area contributed by atoms with Gasteiger partial charge in [-0.2, -0.15) is 0 Å². The maximum absolute atomic E-state index is 12.5. The molecule has 0 saturated heterocycles. The Morgan fingerprint density at radius 1 is 1.45 bits per heavy atom. The third-order valence-electron chi connectivity index (χ3n) is 2.89. The van der Waals surface area contributed by atoms with Crippen LogP contribution in [0.15, 0.2) is 35.5 Å². The molecule has 0 fully saturated rings. The minimum Gasteiger partial charge on any atom is -0.409 e. The molecule has 1 aromatic heterocycles. The first kappa shape index (κ1) is 14.0. The summed E-state index contributed by atoms with van der Waals surface area (Å²) in [5.74, 6) is 0.251. The molecule has 0 unspecified atom stereocenters. The largest absolute Gasteiger partial charge is 0.409 e. The molecule has 0 amide bonds. The Kier molecular flexibility index (Phi) is 3.97. The second-order valence-electron chi connectivity index (χ2n) is 4.30. The molecule has 0 spiro atoms. The summed E-state index contributed by atoms with van der Waals surface area (Å²) in [6.45, 7) is -0.443. The quantitative estimate of drug-likeness (QED) is 0.389. The lowest BCUT2D eigenvalue weighted by molar-refractivity contribution is 0.156. The van der Waals surface area contributed by atoms with Crippen molar-refractivity contribution < 1.29 is 14.0 Å². The summed E-state index contributed by atoms with van der Waals surface area (Å²) in [7, 11) is 1.51. The minimum atomic E-state index is -2.47. The zero-order valence-electron chi connectivity index (χ0n) is 10.8. The van der Waals surface area contributed by atoms with Gasteiger partial charge in [0.1, 0.15) is 5.82 Å². The van der Waals surface area contributed by atoms with E-state index in [1.54, 1.807) is 24.3 Å². The van der Waals surface area contributed by atoms with Crippen LogP contribution in [0, 0.1) is 0 Å². The Morgan fingerprint density at radius 2 is 2.15 bits per heavy atom. The first-order chi connectivity index (χ1) is 9.52. The van der Waals surface area contributed by atoms with Gasteiger partial charge in [-0.15, -0.1) is 0 Å². The van der Waals surface area contributed by atoms with Crippen molar-refractivity contribution in [3.8, 4) is 0 Å². The van der Waals surface area contributed by atoms with Crippen LogP contribution in [0.1, 0.15) is 5.56 Å². The van der Waals surface area contributed by atoms with Gasteiger partial charge in [0, 0.05) is 18.0 Å². The maximum atomic E-state index is 12.5. The number of oxime groups is 1. The molecule has 106 valence electrons. The molecule has 0 aliphatic heterocycles. The van der Waals surface area contributed by atoms with Gasteiger partial charge in [0.25, 0.3) is 6.43 Å². The number of anilines is 1. The van der Waals surface area contributed by atoms with E-state index in [2.05, 4.69) is 10.1 Å². The standard InChI is InChI=1S/C13H14F2N4O/c1-19(7-11(14)15)12-6-9(13(16)18-20)8-4-2-3-5-10(8)17-12/h2-6,11,20H,7H2,1H3,(H2,16,18). The highest BCUT2D eigenvalue weighted by atomic mass is 19.3. The number of hydrogen-bond donors (Lipinski definition) is 2. The molecule has 0 bridgehead atoms. The van der Waals surface area contributed by atoms with Gasteiger partial charge in [0.05, 0.1) is 12.1 Å². The topological polar surface area (TPSA) is 74.7 Å². The summed E-state index contributed by atoms with van der Waals surface area (Å²) in [6.07, 6.45) is -2.47. The summed E-state index contributed by atoms with van der Waals surface area (Å²) in [5.41, 5.74) is 6.68. The molecular formula is C13H14F2N4O. The molecule has 20 heavy (non-hydrogen) atoms. The average molecular weight is 280 g/mol. The third kappa shape index (κ3) is 2.76. The van der Waals surface area contributed by atoms with Crippen LogP contribution >= 0.6 is 0 Å². The third-order valence-corrected chi connectivity index (χ3v) is 2.89. The monoisotopic (exact) mass is 280 g/mol. The fourth-order valence-electron chi connectivity index (χ4n) is 1.92. The van der Waals surface area contributed by atoms with E-state index in [9.17, 15) is 8.78 Å². The predicted molar refractivity (Wildman–Crippen MR) is 73.5 cm³/mol. The van der Waals surface area contributed by atoms with E-state index in [4.69, 9.17) is 10.9 Å². The van der Waals surface area contributed by atoms with Crippen molar-refractivity contribution in [3.63, 3.8) is 0 Å². The van der Waals surface area contributed by atoms with Gasteiger partial charge in [-0.25, -0.2) is 13.8 Å². The Hall–Kier alpha value is -2.44. The van der Waals surface area contributed by atoms with Gasteiger partial charge in [0.15, 0.2) is 5.84 Å². The van der Waals surface area contributed by atoms with E-state index in [1.165, 1.54) is 18.0 Å². The number of halogens is 2. The molecule has 0 saturated carbocycles. The predicted octanol–water partition coefficient (Wildman–Crippen LogP) is 2.03. The van der Waals surface area contributed by atoms with Gasteiger partial charge in [0.2, 0.25) is 0 Å². The second kappa shape index (κ2) is 5.68. The first-order valence-electron chi connectivity index (χ1n) is 5.90. The average Bonchev–Trinajstić information content (AvgIpc) is 2.44. The van der Waals surface area contributed by atoms with Crippen molar-refractivity contribution in [1.29, 1.82) is 0 Å². The lowest BCUT2D eigenvalue weighted by Gasteiger charge is -2.19. The van der Waals surface area contributed by atoms with Crippen LogP contribution in [-0.4, -0.2) is 36.0 Å². The van der Waals surface area contributed by atoms with E-state index >= 15 is 0 Å². The lowest BCUT2D eigenvalue weighted by Crippen LogP contribution is -2.25. The Morgan fingerprint density at radius 3 is 2.80 bits per heavy atom. The molecule has 2 rings (SSSR count). The fraction of sp³-hybridized carbons (Fsp3) is 0.231. The molecule has 0 atom stereocenters. The smallest absolute Gasteiger partial charge is 0.255 e. The van der Waals surface area contributed by atoms with Gasteiger partial charge in [-0.1, -0.05) is 23.4 Å². The molecule has 0 radical (unpaired) electrons. The van der Waals surface area contributed by atoms with Crippen molar-refractivity contribution in [2.75, 3.05) is 18.5 Å². The fourth-order valence-corrected chi connectivity index (χ4v) is 1.92. The summed E-state index contributed by atoms with van der Waals surface area (Å²) in [4.78, 5) is 5.63. The van der Waals surface area contributed by atoms with Gasteiger partial charge in [-0.05, 0) is 12.1 Å². The van der Waals surface area contributed by atoms with Crippen molar-refractivity contribution in [2.24, 2.45) is 10.9 Å². The van der Waals surface area contributed by atoms with E-state index < -0.39 is 13.0 Å². The van der Waals surface area contributed by atoms with E-state index in [0.29, 0.717) is 22.3 Å². The van der Waals surface area contributed by atoms with Gasteiger partial charge < -0.3 is 15.8 Å². The van der Waals surface area contributed by atoms with Gasteiger partial charge in [-0.3, -0.25) is 0 Å². The van der Waals surface area contributed by atoms with Crippen molar-refractivity contribution in [3.05, 3.63) is 35.9 Å². The summed E-state index contributed by atoms with van der Waals surface area (Å²) < 4.78 is 24.9. The van der Waals surface area contributed by atoms with Crippen LogP contribution in [0.4, 0.5) is 14.6 Å². The number of aromatic nitrogens is 1. The summed E-state index contributed by atoms with van der Waals surface area (Å²) in [5, 5.41) is 12.5. The van der Waals surface area contributed by atoms with Crippen molar-refractivity contribution in [1.82, 2.24) is 4.98 Å². The Bertz CT molecular complexity index is 645. The van der Waals surface area contributed by atoms with Crippen LogP contribution < -0.4 is 10.6 Å². The number of alkyl halides is 2. The van der Waals surface area contributed by atoms with Crippen LogP contribution in [0.2, 0.25) is 0 Å². The van der Waals surface area contributed by atoms with Crippen LogP contribution in [-0.2, 0) is 0 Å². The molecule has 0 aliphatic rings. The molecule has 5 nitrogen and oxygen atoms in total.